The van der Waals surface area contributed by atoms with Crippen molar-refractivity contribution in [2.45, 2.75) is 110 Å². The van der Waals surface area contributed by atoms with Gasteiger partial charge in [-0.15, -0.1) is 11.3 Å². The second-order valence-corrected chi connectivity index (χ2v) is 15.5. The molecule has 0 spiro atoms. The van der Waals surface area contributed by atoms with Crippen LogP contribution < -0.4 is 21.4 Å². The van der Waals surface area contributed by atoms with Gasteiger partial charge in [-0.05, 0) is 69.9 Å². The van der Waals surface area contributed by atoms with Crippen LogP contribution in [0.5, 0.6) is 0 Å². The highest BCUT2D eigenvalue weighted by atomic mass is 32.1. The summed E-state index contributed by atoms with van der Waals surface area (Å²) in [5.41, 5.74) is 8.80. The average molecular weight is 715 g/mol. The maximum atomic E-state index is 12.1. The number of nitrogens with two attached hydrogens (primary N) is 1. The number of allylic oxidation sites excluding steroid dienone is 2. The molecule has 3 aliphatic rings. The Bertz CT molecular complexity index is 1500. The fourth-order valence-corrected chi connectivity index (χ4v) is 6.74. The first-order valence-electron chi connectivity index (χ1n) is 17.3. The van der Waals surface area contributed by atoms with E-state index in [9.17, 15) is 14.4 Å². The molecule has 49 heavy (non-hydrogen) atoms. The Kier molecular flexibility index (Phi) is 16.4. The molecule has 2 aromatic heterocycles. The van der Waals surface area contributed by atoms with Crippen LogP contribution in [0.1, 0.15) is 98.1 Å². The Morgan fingerprint density at radius 3 is 2.53 bits per heavy atom. The van der Waals surface area contributed by atoms with E-state index in [0.717, 1.165) is 66.1 Å². The van der Waals surface area contributed by atoms with Gasteiger partial charge in [-0.3, -0.25) is 24.0 Å². The van der Waals surface area contributed by atoms with Crippen LogP contribution in [0.4, 0.5) is 5.13 Å². The Labute approximate surface area is 298 Å². The third-order valence-corrected chi connectivity index (χ3v) is 9.91. The van der Waals surface area contributed by atoms with Crippen LogP contribution in [0, 0.1) is 11.8 Å². The number of H-pyrrole nitrogens is 1. The molecule has 3 atom stereocenters. The van der Waals surface area contributed by atoms with Gasteiger partial charge in [-0.1, -0.05) is 76.2 Å². The van der Waals surface area contributed by atoms with E-state index in [0.29, 0.717) is 24.6 Å². The van der Waals surface area contributed by atoms with Crippen molar-refractivity contribution in [3.8, 4) is 0 Å². The zero-order valence-electron chi connectivity index (χ0n) is 29.5. The fourth-order valence-electron chi connectivity index (χ4n) is 5.07. The molecule has 3 unspecified atom stereocenters. The largest absolute Gasteiger partial charge is 0.372 e. The summed E-state index contributed by atoms with van der Waals surface area (Å²) in [6.45, 7) is 12.0. The number of hydrogen-bond acceptors (Lipinski definition) is 9. The molecule has 270 valence electrons. The number of carbonyl (C=O) groups excluding carboxylic acids is 3. The first kappa shape index (κ1) is 39.9. The normalized spacial score (nSPS) is 19.5. The maximum Gasteiger partial charge on any atom is 0.305 e. The summed E-state index contributed by atoms with van der Waals surface area (Å²) in [6.07, 6.45) is 15.4. The summed E-state index contributed by atoms with van der Waals surface area (Å²) in [5.74, 6) is 0.869. The topological polar surface area (TPSA) is 160 Å². The molecule has 2 aliphatic carbocycles. The number of hydroxylamine groups is 1. The monoisotopic (exact) mass is 714 g/mol. The number of aromatic amines is 1. The van der Waals surface area contributed by atoms with Crippen LogP contribution >= 0.6 is 22.7 Å². The first-order chi connectivity index (χ1) is 23.5. The molecule has 3 amide bonds. The molecule has 1 aliphatic heterocycles. The van der Waals surface area contributed by atoms with E-state index in [1.807, 2.05) is 29.2 Å². The number of rotatable bonds is 11. The fraction of sp³-hybridized carbons (Fsp3) is 0.583. The lowest BCUT2D eigenvalue weighted by Gasteiger charge is -2.21. The summed E-state index contributed by atoms with van der Waals surface area (Å²) < 4.78 is 1.02. The van der Waals surface area contributed by atoms with Crippen molar-refractivity contribution in [3.05, 3.63) is 57.2 Å². The maximum absolute atomic E-state index is 12.1. The van der Waals surface area contributed by atoms with E-state index in [-0.39, 0.29) is 34.4 Å². The molecule has 11 nitrogen and oxygen atoms in total. The molecule has 3 fully saturated rings. The summed E-state index contributed by atoms with van der Waals surface area (Å²) in [7, 11) is 0. The summed E-state index contributed by atoms with van der Waals surface area (Å²) in [5, 5.41) is 6.05. The number of fused-ring (bicyclic) bond motifs is 1. The molecular formula is C36H54N6O5S2. The second-order valence-electron chi connectivity index (χ2n) is 13.6. The minimum absolute atomic E-state index is 0.0150. The third kappa shape index (κ3) is 14.5. The lowest BCUT2D eigenvalue weighted by molar-refractivity contribution is -0.136. The molecule has 13 heteroatoms. The van der Waals surface area contributed by atoms with Crippen LogP contribution in [0.15, 0.2) is 46.6 Å². The minimum Gasteiger partial charge on any atom is -0.372 e. The van der Waals surface area contributed by atoms with Gasteiger partial charge in [0.2, 0.25) is 18.2 Å². The van der Waals surface area contributed by atoms with Crippen LogP contribution in [0.2, 0.25) is 0 Å². The number of nitrogens with zero attached hydrogens (tertiary/aromatic N) is 2. The lowest BCUT2D eigenvalue weighted by atomic mass is 9.93. The van der Waals surface area contributed by atoms with Crippen molar-refractivity contribution >= 4 is 56.2 Å². The lowest BCUT2D eigenvalue weighted by Crippen LogP contribution is -2.37. The Balaban J connectivity index is 0.000000198. The van der Waals surface area contributed by atoms with Crippen molar-refractivity contribution in [2.75, 3.05) is 18.4 Å². The van der Waals surface area contributed by atoms with Crippen molar-refractivity contribution in [1.82, 2.24) is 20.3 Å². The third-order valence-electron chi connectivity index (χ3n) is 8.25. The highest BCUT2D eigenvalue weighted by Gasteiger charge is 2.41. The highest BCUT2D eigenvalue weighted by molar-refractivity contribution is 7.16. The summed E-state index contributed by atoms with van der Waals surface area (Å²) >= 11 is 2.81. The predicted molar refractivity (Wildman–Crippen MR) is 200 cm³/mol. The van der Waals surface area contributed by atoms with Crippen LogP contribution in [-0.4, -0.2) is 58.3 Å². The number of likely N-dealkylation sites (tertiary alicyclic amines) is 1. The van der Waals surface area contributed by atoms with Gasteiger partial charge in [0, 0.05) is 29.3 Å². The van der Waals surface area contributed by atoms with Crippen LogP contribution in [0.25, 0.3) is 10.2 Å². The number of anilines is 1. The first-order valence-corrected chi connectivity index (χ1v) is 19.0. The number of unbranched alkanes of at least 4 members (excludes halogenated alkanes) is 3. The molecule has 0 radical (unpaired) electrons. The summed E-state index contributed by atoms with van der Waals surface area (Å²) in [6, 6.07) is 8.04. The standard InChI is InChI=1S/C14H23N3OS.C14H23NO2.C7H5NOS.CH3NO/c1-10-6-5-7-17(10)12(18)8-15-13-16-11(9-19-13)14(2,3)4;1-2-3-4-5-6-7-11-10-13(11)14(16)15-17-12-8-9-12;9-7-8-5-3-1-2-4-6(5)10-7;2-1-3/h9-10H,5-8H2,1-4H3,(H,15,16);6-7,11-13H,2-5,8-10H2,1H3,(H,15,16);1-4H,(H,8,9);1H,(H2,2,3)/b;7-6-;;. The number of amides is 3. The van der Waals surface area contributed by atoms with Crippen molar-refractivity contribution in [1.29, 1.82) is 0 Å². The molecule has 2 saturated carbocycles. The highest BCUT2D eigenvalue weighted by Crippen LogP contribution is 2.40. The van der Waals surface area contributed by atoms with Gasteiger partial charge in [0.05, 0.1) is 28.6 Å². The van der Waals surface area contributed by atoms with E-state index in [4.69, 9.17) is 9.63 Å². The number of benzene rings is 1. The number of para-hydroxylation sites is 1. The molecule has 3 heterocycles. The van der Waals surface area contributed by atoms with Gasteiger partial charge in [-0.2, -0.15) is 0 Å². The van der Waals surface area contributed by atoms with Gasteiger partial charge >= 0.3 is 4.87 Å². The zero-order chi connectivity index (χ0) is 35.8. The van der Waals surface area contributed by atoms with Gasteiger partial charge < -0.3 is 20.9 Å². The number of nitrogens with one attached hydrogen (secondary N) is 3. The Morgan fingerprint density at radius 1 is 1.18 bits per heavy atom. The predicted octanol–water partition coefficient (Wildman–Crippen LogP) is 6.52. The summed E-state index contributed by atoms with van der Waals surface area (Å²) in [4.78, 5) is 57.5. The number of aromatic nitrogens is 2. The minimum atomic E-state index is 0.0150. The number of hydrogen-bond donors (Lipinski definition) is 4. The van der Waals surface area contributed by atoms with Gasteiger partial charge in [0.15, 0.2) is 5.13 Å². The van der Waals surface area contributed by atoms with E-state index >= 15 is 0 Å². The number of thiazole rings is 2. The molecule has 0 bridgehead atoms. The SMILES string of the molecule is CC1CCCN1C(=O)CNc1nc(C(C)(C)C)cs1.CCCCC/C=C\C1CC1C(=O)NOC1CC1.NC=O.O=c1[nH]c2ccccc2s1. The molecule has 1 aromatic carbocycles. The van der Waals surface area contributed by atoms with E-state index < -0.39 is 0 Å². The molecule has 6 rings (SSSR count). The Morgan fingerprint density at radius 2 is 1.92 bits per heavy atom. The van der Waals surface area contributed by atoms with E-state index in [2.05, 4.69) is 78.6 Å². The van der Waals surface area contributed by atoms with Crippen molar-refractivity contribution in [3.63, 3.8) is 0 Å². The number of primary amides is 1. The zero-order valence-corrected chi connectivity index (χ0v) is 31.2. The molecule has 1 saturated heterocycles. The number of carbonyl (C=O) groups is 3. The molecule has 3 aromatic rings. The van der Waals surface area contributed by atoms with Gasteiger partial charge in [0.1, 0.15) is 0 Å². The van der Waals surface area contributed by atoms with Gasteiger partial charge in [0.25, 0.3) is 0 Å². The van der Waals surface area contributed by atoms with Crippen molar-refractivity contribution in [2.24, 2.45) is 17.6 Å². The molecule has 5 N–H and O–H groups in total. The quantitative estimate of drug-likeness (QED) is 0.0761. The average Bonchev–Trinajstić information content (AvgIpc) is 3.89. The van der Waals surface area contributed by atoms with Crippen molar-refractivity contribution < 1.29 is 19.2 Å². The van der Waals surface area contributed by atoms with Crippen LogP contribution in [0.3, 0.4) is 0 Å². The second kappa shape index (κ2) is 20.2. The molecular weight excluding hydrogens is 661 g/mol. The smallest absolute Gasteiger partial charge is 0.305 e. The Hall–Kier alpha value is -3.55. The van der Waals surface area contributed by atoms with Crippen LogP contribution in [-0.2, 0) is 24.6 Å². The van der Waals surface area contributed by atoms with Gasteiger partial charge in [-0.25, -0.2) is 10.5 Å². The van der Waals surface area contributed by atoms with E-state index in [1.54, 1.807) is 11.3 Å². The van der Waals surface area contributed by atoms with E-state index in [1.165, 1.54) is 30.6 Å².